The standard InChI is InChI=1S/C8H12O.2C2H6/c1-3-4-8-7(2)5-6-9-8;2*1-2/h3-4H,5-6H2,1-2H3;2*1-2H3/b4-3-;;. The van der Waals surface area contributed by atoms with Crippen molar-refractivity contribution in [3.8, 4) is 0 Å². The molecule has 0 N–H and O–H groups in total. The molecule has 0 aromatic heterocycles. The highest BCUT2D eigenvalue weighted by molar-refractivity contribution is 5.21. The monoisotopic (exact) mass is 184 g/mol. The second-order valence-electron chi connectivity index (χ2n) is 2.24. The Morgan fingerprint density at radius 3 is 2.00 bits per heavy atom. The molecule has 0 amide bonds. The largest absolute Gasteiger partial charge is 0.493 e. The molecule has 0 radical (unpaired) electrons. The van der Waals surface area contributed by atoms with Crippen LogP contribution in [0.25, 0.3) is 0 Å². The Morgan fingerprint density at radius 2 is 1.69 bits per heavy atom. The summed E-state index contributed by atoms with van der Waals surface area (Å²) in [5, 5.41) is 0. The predicted molar refractivity (Wildman–Crippen MR) is 60.8 cm³/mol. The molecule has 1 aliphatic rings. The van der Waals surface area contributed by atoms with Crippen LogP contribution in [0.2, 0.25) is 0 Å². The molecule has 0 saturated heterocycles. The number of ether oxygens (including phenoxy) is 1. The first kappa shape index (κ1) is 14.8. The molecule has 0 saturated carbocycles. The molecular formula is C12H24O. The molecule has 0 atom stereocenters. The van der Waals surface area contributed by atoms with E-state index in [4.69, 9.17) is 4.74 Å². The van der Waals surface area contributed by atoms with Gasteiger partial charge in [-0.2, -0.15) is 0 Å². The summed E-state index contributed by atoms with van der Waals surface area (Å²) in [6, 6.07) is 0. The van der Waals surface area contributed by atoms with Gasteiger partial charge in [-0.25, -0.2) is 0 Å². The molecule has 0 aromatic rings. The van der Waals surface area contributed by atoms with Gasteiger partial charge in [-0.1, -0.05) is 33.8 Å². The fourth-order valence-electron chi connectivity index (χ4n) is 0.902. The Hall–Kier alpha value is -0.720. The van der Waals surface area contributed by atoms with Crippen LogP contribution in [-0.4, -0.2) is 6.61 Å². The Kier molecular flexibility index (Phi) is 12.8. The van der Waals surface area contributed by atoms with Gasteiger partial charge in [-0.05, 0) is 25.5 Å². The van der Waals surface area contributed by atoms with Crippen LogP contribution in [0.3, 0.4) is 0 Å². The van der Waals surface area contributed by atoms with Gasteiger partial charge in [0.1, 0.15) is 5.76 Å². The molecule has 0 fully saturated rings. The number of allylic oxidation sites excluding steroid dienone is 2. The molecule has 1 rings (SSSR count). The van der Waals surface area contributed by atoms with Gasteiger partial charge < -0.3 is 4.74 Å². The molecule has 0 aromatic carbocycles. The Morgan fingerprint density at radius 1 is 1.15 bits per heavy atom. The van der Waals surface area contributed by atoms with Gasteiger partial charge in [0.05, 0.1) is 6.61 Å². The van der Waals surface area contributed by atoms with Gasteiger partial charge in [0.25, 0.3) is 0 Å². The van der Waals surface area contributed by atoms with Crippen molar-refractivity contribution in [2.75, 3.05) is 6.61 Å². The molecule has 13 heavy (non-hydrogen) atoms. The van der Waals surface area contributed by atoms with E-state index in [9.17, 15) is 0 Å². The highest BCUT2D eigenvalue weighted by Crippen LogP contribution is 2.18. The molecule has 1 aliphatic heterocycles. The number of hydrogen-bond acceptors (Lipinski definition) is 1. The second-order valence-corrected chi connectivity index (χ2v) is 2.24. The highest BCUT2D eigenvalue weighted by Gasteiger charge is 2.07. The van der Waals surface area contributed by atoms with E-state index in [2.05, 4.69) is 6.92 Å². The van der Waals surface area contributed by atoms with Gasteiger partial charge >= 0.3 is 0 Å². The van der Waals surface area contributed by atoms with Crippen LogP contribution >= 0.6 is 0 Å². The van der Waals surface area contributed by atoms with Crippen molar-refractivity contribution in [3.05, 3.63) is 23.5 Å². The third-order valence-electron chi connectivity index (χ3n) is 1.47. The molecule has 1 heteroatoms. The van der Waals surface area contributed by atoms with Crippen LogP contribution in [0, 0.1) is 0 Å². The predicted octanol–water partition coefficient (Wildman–Crippen LogP) is 4.31. The quantitative estimate of drug-likeness (QED) is 0.590. The van der Waals surface area contributed by atoms with Gasteiger partial charge in [0.15, 0.2) is 0 Å². The molecule has 78 valence electrons. The van der Waals surface area contributed by atoms with Gasteiger partial charge in [0.2, 0.25) is 0 Å². The number of rotatable bonds is 1. The topological polar surface area (TPSA) is 9.23 Å². The average Bonchev–Trinajstić information content (AvgIpc) is 2.60. The Labute approximate surface area is 83.5 Å². The Balaban J connectivity index is 0. The van der Waals surface area contributed by atoms with E-state index in [0.717, 1.165) is 18.8 Å². The van der Waals surface area contributed by atoms with E-state index in [0.29, 0.717) is 0 Å². The second kappa shape index (κ2) is 11.3. The maximum Gasteiger partial charge on any atom is 0.118 e. The van der Waals surface area contributed by atoms with Crippen molar-refractivity contribution in [1.82, 2.24) is 0 Å². The summed E-state index contributed by atoms with van der Waals surface area (Å²) in [6.07, 6.45) is 5.12. The fraction of sp³-hybridized carbons (Fsp3) is 0.667. The maximum absolute atomic E-state index is 5.30. The van der Waals surface area contributed by atoms with E-state index >= 15 is 0 Å². The van der Waals surface area contributed by atoms with Crippen LogP contribution in [0.5, 0.6) is 0 Å². The van der Waals surface area contributed by atoms with Crippen LogP contribution < -0.4 is 0 Å². The third-order valence-corrected chi connectivity index (χ3v) is 1.47. The van der Waals surface area contributed by atoms with Crippen molar-refractivity contribution in [3.63, 3.8) is 0 Å². The van der Waals surface area contributed by atoms with E-state index in [-0.39, 0.29) is 0 Å². The fourth-order valence-corrected chi connectivity index (χ4v) is 0.902. The molecular weight excluding hydrogens is 160 g/mol. The van der Waals surface area contributed by atoms with E-state index in [1.165, 1.54) is 5.57 Å². The van der Waals surface area contributed by atoms with Crippen LogP contribution in [0.1, 0.15) is 48.0 Å². The zero-order valence-electron chi connectivity index (χ0n) is 9.98. The zero-order valence-corrected chi connectivity index (χ0v) is 9.98. The lowest BCUT2D eigenvalue weighted by atomic mass is 10.2. The summed E-state index contributed by atoms with van der Waals surface area (Å²) in [6.45, 7) is 13.0. The molecule has 0 aliphatic carbocycles. The smallest absolute Gasteiger partial charge is 0.118 e. The lowest BCUT2D eigenvalue weighted by Gasteiger charge is -1.94. The molecule has 1 nitrogen and oxygen atoms in total. The molecule has 1 heterocycles. The summed E-state index contributed by atoms with van der Waals surface area (Å²) in [5.41, 5.74) is 1.37. The first-order valence-electron chi connectivity index (χ1n) is 5.30. The first-order chi connectivity index (χ1) is 6.34. The first-order valence-corrected chi connectivity index (χ1v) is 5.30. The Bertz CT molecular complexity index is 155. The van der Waals surface area contributed by atoms with Gasteiger partial charge in [-0.15, -0.1) is 0 Å². The van der Waals surface area contributed by atoms with Crippen molar-refractivity contribution in [2.45, 2.75) is 48.0 Å². The minimum Gasteiger partial charge on any atom is -0.493 e. The van der Waals surface area contributed by atoms with Crippen molar-refractivity contribution in [2.24, 2.45) is 0 Å². The normalized spacial score (nSPS) is 14.3. The maximum atomic E-state index is 5.30. The van der Waals surface area contributed by atoms with Crippen LogP contribution in [-0.2, 0) is 4.74 Å². The van der Waals surface area contributed by atoms with Crippen molar-refractivity contribution >= 4 is 0 Å². The number of hydrogen-bond donors (Lipinski definition) is 0. The zero-order chi connectivity index (χ0) is 10.7. The summed E-state index contributed by atoms with van der Waals surface area (Å²) >= 11 is 0. The third kappa shape index (κ3) is 6.44. The summed E-state index contributed by atoms with van der Waals surface area (Å²) in [4.78, 5) is 0. The molecule has 0 unspecified atom stereocenters. The lowest BCUT2D eigenvalue weighted by molar-refractivity contribution is 0.257. The average molecular weight is 184 g/mol. The van der Waals surface area contributed by atoms with E-state index in [1.807, 2.05) is 46.8 Å². The van der Waals surface area contributed by atoms with Gasteiger partial charge in [0, 0.05) is 6.42 Å². The molecule has 0 bridgehead atoms. The summed E-state index contributed by atoms with van der Waals surface area (Å²) in [7, 11) is 0. The van der Waals surface area contributed by atoms with Crippen molar-refractivity contribution < 1.29 is 4.74 Å². The lowest BCUT2D eigenvalue weighted by Crippen LogP contribution is -1.78. The highest BCUT2D eigenvalue weighted by atomic mass is 16.5. The molecule has 0 spiro atoms. The minimum absolute atomic E-state index is 0.867. The van der Waals surface area contributed by atoms with E-state index in [1.54, 1.807) is 0 Å². The SMILES string of the molecule is C/C=C\C1=C(C)CCO1.CC.CC. The summed E-state index contributed by atoms with van der Waals surface area (Å²) in [5.74, 6) is 1.07. The van der Waals surface area contributed by atoms with E-state index < -0.39 is 0 Å². The van der Waals surface area contributed by atoms with Crippen molar-refractivity contribution in [1.29, 1.82) is 0 Å². The van der Waals surface area contributed by atoms with Gasteiger partial charge in [-0.3, -0.25) is 0 Å². The minimum atomic E-state index is 0.867. The summed E-state index contributed by atoms with van der Waals surface area (Å²) < 4.78 is 5.30. The van der Waals surface area contributed by atoms with Crippen LogP contribution in [0.4, 0.5) is 0 Å². The van der Waals surface area contributed by atoms with Crippen LogP contribution in [0.15, 0.2) is 23.5 Å².